The average Bonchev–Trinajstić information content (AvgIpc) is 2.97. The summed E-state index contributed by atoms with van der Waals surface area (Å²) in [5, 5.41) is 3.50. The number of carbonyl (C=O) groups excluding carboxylic acids is 2. The Kier molecular flexibility index (Phi) is 5.49. The zero-order chi connectivity index (χ0) is 18.0. The maximum Gasteiger partial charge on any atom is 0.321 e. The first-order valence-electron chi connectivity index (χ1n) is 8.68. The van der Waals surface area contributed by atoms with Gasteiger partial charge in [-0.1, -0.05) is 31.5 Å². The topological polar surface area (TPSA) is 52.7 Å². The van der Waals surface area contributed by atoms with Gasteiger partial charge >= 0.3 is 6.03 Å². The van der Waals surface area contributed by atoms with Crippen LogP contribution in [0.4, 0.5) is 10.5 Å². The van der Waals surface area contributed by atoms with Crippen molar-refractivity contribution < 1.29 is 9.59 Å². The van der Waals surface area contributed by atoms with Crippen LogP contribution in [0.25, 0.3) is 0 Å². The number of hydrogen-bond acceptors (Lipinski definition) is 3. The number of anilines is 1. The Bertz CT molecular complexity index is 659. The van der Waals surface area contributed by atoms with Gasteiger partial charge in [-0.05, 0) is 31.0 Å². The minimum atomic E-state index is -0.131. The molecule has 2 heterocycles. The molecule has 1 N–H and O–H groups in total. The number of thioether (sulfide) groups is 1. The lowest BCUT2D eigenvalue weighted by Crippen LogP contribution is -2.55. The highest BCUT2D eigenvalue weighted by atomic mass is 35.5. The Labute approximate surface area is 158 Å². The van der Waals surface area contributed by atoms with Crippen LogP contribution in [0.1, 0.15) is 26.7 Å². The van der Waals surface area contributed by atoms with Crippen molar-refractivity contribution in [2.75, 3.05) is 30.7 Å². The molecule has 2 saturated heterocycles. The van der Waals surface area contributed by atoms with E-state index in [0.717, 1.165) is 25.1 Å². The molecule has 1 aromatic carbocycles. The number of likely N-dealkylation sites (tertiary alicyclic amines) is 1. The number of nitrogens with zero attached hydrogens (tertiary/aromatic N) is 2. The molecule has 7 heteroatoms. The molecule has 5 nitrogen and oxygen atoms in total. The van der Waals surface area contributed by atoms with E-state index in [9.17, 15) is 9.59 Å². The van der Waals surface area contributed by atoms with E-state index in [-0.39, 0.29) is 22.7 Å². The van der Waals surface area contributed by atoms with Crippen molar-refractivity contribution in [3.8, 4) is 0 Å². The molecule has 3 rings (SSSR count). The van der Waals surface area contributed by atoms with E-state index in [0.29, 0.717) is 23.8 Å². The number of benzene rings is 1. The summed E-state index contributed by atoms with van der Waals surface area (Å²) in [4.78, 5) is 28.7. The van der Waals surface area contributed by atoms with Gasteiger partial charge in [0, 0.05) is 42.0 Å². The molecule has 136 valence electrons. The van der Waals surface area contributed by atoms with Crippen LogP contribution in [0.2, 0.25) is 5.02 Å². The Hall–Kier alpha value is -1.40. The van der Waals surface area contributed by atoms with Gasteiger partial charge in [-0.3, -0.25) is 4.79 Å². The van der Waals surface area contributed by atoms with Gasteiger partial charge < -0.3 is 15.1 Å². The summed E-state index contributed by atoms with van der Waals surface area (Å²) in [6.45, 7) is 6.03. The van der Waals surface area contributed by atoms with Crippen LogP contribution < -0.4 is 5.32 Å². The van der Waals surface area contributed by atoms with Crippen LogP contribution in [0.3, 0.4) is 0 Å². The molecule has 1 aromatic rings. The molecule has 0 atom stereocenters. The van der Waals surface area contributed by atoms with E-state index in [1.807, 2.05) is 42.6 Å². The molecule has 2 aliphatic heterocycles. The summed E-state index contributed by atoms with van der Waals surface area (Å²) < 4.78 is 0. The molecule has 2 fully saturated rings. The first-order valence-corrected chi connectivity index (χ1v) is 10.0. The molecule has 2 aliphatic rings. The molecule has 0 unspecified atom stereocenters. The van der Waals surface area contributed by atoms with E-state index in [1.165, 1.54) is 0 Å². The van der Waals surface area contributed by atoms with Gasteiger partial charge in [-0.25, -0.2) is 4.79 Å². The average molecular weight is 382 g/mol. The highest BCUT2D eigenvalue weighted by molar-refractivity contribution is 8.00. The third kappa shape index (κ3) is 3.90. The summed E-state index contributed by atoms with van der Waals surface area (Å²) in [7, 11) is 0. The maximum atomic E-state index is 12.5. The fraction of sp³-hybridized carbons (Fsp3) is 0.556. The number of rotatable bonds is 2. The minimum Gasteiger partial charge on any atom is -0.327 e. The smallest absolute Gasteiger partial charge is 0.321 e. The maximum absolute atomic E-state index is 12.5. The molecule has 0 bridgehead atoms. The van der Waals surface area contributed by atoms with Crippen molar-refractivity contribution >= 4 is 41.0 Å². The van der Waals surface area contributed by atoms with Crippen molar-refractivity contribution in [3.05, 3.63) is 29.3 Å². The second kappa shape index (κ2) is 7.46. The number of piperidine rings is 1. The molecule has 3 amide bonds. The normalized spacial score (nSPS) is 19.5. The lowest BCUT2D eigenvalue weighted by atomic mass is 10.0. The Morgan fingerprint density at radius 2 is 1.96 bits per heavy atom. The van der Waals surface area contributed by atoms with Gasteiger partial charge in [-0.2, -0.15) is 0 Å². The predicted molar refractivity (Wildman–Crippen MR) is 103 cm³/mol. The number of hydrogen-bond donors (Lipinski definition) is 1. The molecule has 0 aliphatic carbocycles. The Balaban J connectivity index is 1.61. The number of nitrogens with one attached hydrogen (secondary N) is 1. The van der Waals surface area contributed by atoms with E-state index in [2.05, 4.69) is 10.2 Å². The first-order chi connectivity index (χ1) is 11.9. The summed E-state index contributed by atoms with van der Waals surface area (Å²) >= 11 is 7.83. The van der Waals surface area contributed by atoms with Gasteiger partial charge in [0.25, 0.3) is 0 Å². The van der Waals surface area contributed by atoms with Crippen LogP contribution in [0.15, 0.2) is 24.3 Å². The van der Waals surface area contributed by atoms with Gasteiger partial charge in [0.15, 0.2) is 0 Å². The van der Waals surface area contributed by atoms with Crippen LogP contribution >= 0.6 is 23.4 Å². The van der Waals surface area contributed by atoms with Crippen LogP contribution in [-0.2, 0) is 4.79 Å². The lowest BCUT2D eigenvalue weighted by molar-refractivity contribution is -0.137. The molecule has 1 spiro atoms. The lowest BCUT2D eigenvalue weighted by Gasteiger charge is -2.44. The van der Waals surface area contributed by atoms with Crippen molar-refractivity contribution in [2.24, 2.45) is 5.92 Å². The van der Waals surface area contributed by atoms with E-state index in [1.54, 1.807) is 12.1 Å². The highest BCUT2D eigenvalue weighted by Gasteiger charge is 2.47. The molecule has 0 aromatic heterocycles. The first kappa shape index (κ1) is 18.4. The highest BCUT2D eigenvalue weighted by Crippen LogP contribution is 2.44. The van der Waals surface area contributed by atoms with Gasteiger partial charge in [0.05, 0.1) is 4.87 Å². The van der Waals surface area contributed by atoms with E-state index < -0.39 is 0 Å². The molecule has 0 saturated carbocycles. The number of carbonyl (C=O) groups is 2. The van der Waals surface area contributed by atoms with E-state index >= 15 is 0 Å². The van der Waals surface area contributed by atoms with Crippen molar-refractivity contribution in [2.45, 2.75) is 31.6 Å². The van der Waals surface area contributed by atoms with Gasteiger partial charge in [0.2, 0.25) is 5.91 Å². The summed E-state index contributed by atoms with van der Waals surface area (Å²) in [5.41, 5.74) is 0.699. The Morgan fingerprint density at radius 3 is 2.60 bits per heavy atom. The fourth-order valence-electron chi connectivity index (χ4n) is 3.47. The van der Waals surface area contributed by atoms with Crippen LogP contribution in [0, 0.1) is 5.92 Å². The second-order valence-corrected chi connectivity index (χ2v) is 8.76. The molecular weight excluding hydrogens is 358 g/mol. The van der Waals surface area contributed by atoms with Gasteiger partial charge in [-0.15, -0.1) is 11.8 Å². The van der Waals surface area contributed by atoms with Gasteiger partial charge in [0.1, 0.15) is 0 Å². The van der Waals surface area contributed by atoms with Crippen LogP contribution in [-0.4, -0.2) is 52.0 Å². The summed E-state index contributed by atoms with van der Waals surface area (Å²) in [5.74, 6) is 1.22. The van der Waals surface area contributed by atoms with Crippen molar-refractivity contribution in [1.82, 2.24) is 9.80 Å². The largest absolute Gasteiger partial charge is 0.327 e. The Morgan fingerprint density at radius 1 is 1.24 bits per heavy atom. The fourth-order valence-corrected chi connectivity index (χ4v) is 5.13. The molecular formula is C18H24ClN3O2S. The minimum absolute atomic E-state index is 0.0136. The van der Waals surface area contributed by atoms with Crippen LogP contribution in [0.5, 0.6) is 0 Å². The third-order valence-corrected chi connectivity index (χ3v) is 6.63. The molecule has 0 radical (unpaired) electrons. The molecule has 25 heavy (non-hydrogen) atoms. The standard InChI is InChI=1S/C18H24ClN3O2S/c1-13(2)16(23)22-10-11-25-18(22)6-8-21(9-7-18)17(24)20-15-5-3-4-14(19)12-15/h3-5,12-13H,6-11H2,1-2H3,(H,20,24). The van der Waals surface area contributed by atoms with E-state index in [4.69, 9.17) is 11.6 Å². The number of halogens is 1. The predicted octanol–water partition coefficient (Wildman–Crippen LogP) is 3.90. The van der Waals surface area contributed by atoms with Crippen molar-refractivity contribution in [1.29, 1.82) is 0 Å². The number of urea groups is 1. The SMILES string of the molecule is CC(C)C(=O)N1CCSC12CCN(C(=O)Nc1cccc(Cl)c1)CC2. The zero-order valence-corrected chi connectivity index (χ0v) is 16.2. The number of amides is 3. The third-order valence-electron chi connectivity index (χ3n) is 4.85. The quantitative estimate of drug-likeness (QED) is 0.845. The monoisotopic (exact) mass is 381 g/mol. The zero-order valence-electron chi connectivity index (χ0n) is 14.6. The van der Waals surface area contributed by atoms with Crippen molar-refractivity contribution in [3.63, 3.8) is 0 Å². The second-order valence-electron chi connectivity index (χ2n) is 6.87. The summed E-state index contributed by atoms with van der Waals surface area (Å²) in [6, 6.07) is 7.04. The summed E-state index contributed by atoms with van der Waals surface area (Å²) in [6.07, 6.45) is 1.64.